The Balaban J connectivity index is 2.70. The van der Waals surface area contributed by atoms with Crippen LogP contribution in [0.25, 0.3) is 0 Å². The van der Waals surface area contributed by atoms with E-state index in [1.54, 1.807) is 44.2 Å². The van der Waals surface area contributed by atoms with Crippen molar-refractivity contribution in [1.29, 1.82) is 0 Å². The first-order valence-electron chi connectivity index (χ1n) is 7.91. The minimum Gasteiger partial charge on any atom is -0.491 e. The molecule has 2 atom stereocenters. The summed E-state index contributed by atoms with van der Waals surface area (Å²) in [7, 11) is 1.51. The maximum atomic E-state index is 11.6. The van der Waals surface area contributed by atoms with Crippen LogP contribution >= 0.6 is 0 Å². The van der Waals surface area contributed by atoms with Gasteiger partial charge >= 0.3 is 5.97 Å². The molecule has 6 heteroatoms. The summed E-state index contributed by atoms with van der Waals surface area (Å²) < 4.78 is 15.5. The number of aliphatic hydroxyl groups excluding tert-OH is 2. The fraction of sp³-hybridized carbons (Fsp3) is 0.500. The Bertz CT molecular complexity index is 523. The maximum absolute atomic E-state index is 11.6. The monoisotopic (exact) mass is 338 g/mol. The molecule has 1 rings (SSSR count). The molecule has 134 valence electrons. The van der Waals surface area contributed by atoms with E-state index in [4.69, 9.17) is 19.3 Å². The average Bonchev–Trinajstić information content (AvgIpc) is 2.60. The first-order chi connectivity index (χ1) is 11.5. The quantitative estimate of drug-likeness (QED) is 0.501. The summed E-state index contributed by atoms with van der Waals surface area (Å²) in [6.45, 7) is 3.92. The largest absolute Gasteiger partial charge is 0.491 e. The lowest BCUT2D eigenvalue weighted by molar-refractivity contribution is -0.138. The number of carbonyl (C=O) groups is 1. The molecule has 0 spiro atoms. The molecule has 0 fully saturated rings. The summed E-state index contributed by atoms with van der Waals surface area (Å²) in [6.07, 6.45) is 0.755. The van der Waals surface area contributed by atoms with E-state index >= 15 is 0 Å². The van der Waals surface area contributed by atoms with E-state index in [-0.39, 0.29) is 19.2 Å². The van der Waals surface area contributed by atoms with Gasteiger partial charge in [-0.15, -0.1) is 0 Å². The summed E-state index contributed by atoms with van der Waals surface area (Å²) >= 11 is 0. The summed E-state index contributed by atoms with van der Waals surface area (Å²) in [5.41, 5.74) is 1.17. The molecule has 0 aliphatic rings. The number of aliphatic hydroxyl groups is 2. The van der Waals surface area contributed by atoms with Crippen molar-refractivity contribution in [2.24, 2.45) is 0 Å². The molecule has 1 aromatic carbocycles. The van der Waals surface area contributed by atoms with Gasteiger partial charge in [0.25, 0.3) is 0 Å². The van der Waals surface area contributed by atoms with Crippen molar-refractivity contribution in [2.45, 2.75) is 32.5 Å². The molecule has 0 aliphatic heterocycles. The first kappa shape index (κ1) is 20.2. The predicted octanol–water partition coefficient (Wildman–Crippen LogP) is 2.01. The molecular weight excluding hydrogens is 312 g/mol. The van der Waals surface area contributed by atoms with Gasteiger partial charge in [-0.1, -0.05) is 18.2 Å². The van der Waals surface area contributed by atoms with Gasteiger partial charge in [-0.3, -0.25) is 0 Å². The van der Waals surface area contributed by atoms with Crippen molar-refractivity contribution in [3.05, 3.63) is 41.5 Å². The Morgan fingerprint density at radius 2 is 1.96 bits per heavy atom. The highest BCUT2D eigenvalue weighted by atomic mass is 16.5. The Morgan fingerprint density at radius 3 is 2.50 bits per heavy atom. The number of esters is 1. The fourth-order valence-corrected chi connectivity index (χ4v) is 2.11. The van der Waals surface area contributed by atoms with Crippen molar-refractivity contribution in [2.75, 3.05) is 26.9 Å². The van der Waals surface area contributed by atoms with Crippen molar-refractivity contribution >= 4 is 5.97 Å². The second kappa shape index (κ2) is 10.8. The molecule has 0 saturated carbocycles. The number of hydrogen-bond donors (Lipinski definition) is 2. The van der Waals surface area contributed by atoms with Crippen molar-refractivity contribution in [3.8, 4) is 5.75 Å². The summed E-state index contributed by atoms with van der Waals surface area (Å²) in [6, 6.07) is 6.93. The van der Waals surface area contributed by atoms with Gasteiger partial charge in [-0.05, 0) is 38.0 Å². The molecule has 2 N–H and O–H groups in total. The van der Waals surface area contributed by atoms with E-state index in [1.165, 1.54) is 7.11 Å². The first-order valence-corrected chi connectivity index (χ1v) is 7.91. The van der Waals surface area contributed by atoms with Gasteiger partial charge in [0.1, 0.15) is 18.5 Å². The molecule has 6 nitrogen and oxygen atoms in total. The van der Waals surface area contributed by atoms with Gasteiger partial charge in [-0.2, -0.15) is 0 Å². The van der Waals surface area contributed by atoms with Gasteiger partial charge in [0.05, 0.1) is 19.3 Å². The topological polar surface area (TPSA) is 85.2 Å². The Kier molecular flexibility index (Phi) is 9.07. The van der Waals surface area contributed by atoms with E-state index in [1.807, 2.05) is 0 Å². The molecule has 0 unspecified atom stereocenters. The van der Waals surface area contributed by atoms with Crippen molar-refractivity contribution < 1.29 is 29.2 Å². The minimum atomic E-state index is -0.840. The lowest BCUT2D eigenvalue weighted by atomic mass is 10.0. The normalized spacial score (nSPS) is 14.1. The van der Waals surface area contributed by atoms with Crippen molar-refractivity contribution in [3.63, 3.8) is 0 Å². The molecule has 1 aromatic rings. The highest BCUT2D eigenvalue weighted by Crippen LogP contribution is 2.24. The molecule has 0 radical (unpaired) electrons. The number of ether oxygens (including phenoxy) is 3. The fourth-order valence-electron chi connectivity index (χ4n) is 2.11. The standard InChI is InChI=1S/C18H26O6/c1-4-23-18(21)13(2)5-10-16(22-3)17(20)14-6-8-15(9-7-14)24-12-11-19/h5-9,16-17,19-20H,4,10-12H2,1-3H3/b13-5+/t16-,17-/m0/s1. The minimum absolute atomic E-state index is 0.0533. The molecule has 0 saturated heterocycles. The molecule has 24 heavy (non-hydrogen) atoms. The Morgan fingerprint density at radius 1 is 1.29 bits per heavy atom. The summed E-state index contributed by atoms with van der Waals surface area (Å²) in [5.74, 6) is 0.249. The van der Waals surface area contributed by atoms with Crippen LogP contribution in [0.1, 0.15) is 31.9 Å². The third-order valence-electron chi connectivity index (χ3n) is 3.49. The van der Waals surface area contributed by atoms with Gasteiger partial charge in [0.2, 0.25) is 0 Å². The molecule has 0 bridgehead atoms. The lowest BCUT2D eigenvalue weighted by Crippen LogP contribution is -2.20. The van der Waals surface area contributed by atoms with Gasteiger partial charge in [0, 0.05) is 12.7 Å². The van der Waals surface area contributed by atoms with Crippen LogP contribution in [-0.2, 0) is 14.3 Å². The van der Waals surface area contributed by atoms with Crippen LogP contribution in [0.15, 0.2) is 35.9 Å². The number of carbonyl (C=O) groups excluding carboxylic acids is 1. The van der Waals surface area contributed by atoms with E-state index in [0.717, 1.165) is 0 Å². The molecule has 0 aromatic heterocycles. The smallest absolute Gasteiger partial charge is 0.333 e. The number of benzene rings is 1. The summed E-state index contributed by atoms with van der Waals surface area (Å²) in [5, 5.41) is 19.2. The Hall–Kier alpha value is -1.89. The zero-order chi connectivity index (χ0) is 17.9. The van der Waals surface area contributed by atoms with Crippen LogP contribution in [0.4, 0.5) is 0 Å². The second-order valence-corrected chi connectivity index (χ2v) is 5.20. The zero-order valence-corrected chi connectivity index (χ0v) is 14.4. The van der Waals surface area contributed by atoms with E-state index in [9.17, 15) is 9.90 Å². The van der Waals surface area contributed by atoms with E-state index < -0.39 is 12.2 Å². The molecule has 0 heterocycles. The van der Waals surface area contributed by atoms with Gasteiger partial charge in [0.15, 0.2) is 0 Å². The lowest BCUT2D eigenvalue weighted by Gasteiger charge is -2.21. The molecule has 0 aliphatic carbocycles. The van der Waals surface area contributed by atoms with Crippen LogP contribution in [-0.4, -0.2) is 49.2 Å². The average molecular weight is 338 g/mol. The number of methoxy groups -OCH3 is 1. The maximum Gasteiger partial charge on any atom is 0.333 e. The van der Waals surface area contributed by atoms with Gasteiger partial charge in [-0.25, -0.2) is 4.79 Å². The molecule has 0 amide bonds. The van der Waals surface area contributed by atoms with Crippen LogP contribution in [0, 0.1) is 0 Å². The molecular formula is C18H26O6. The van der Waals surface area contributed by atoms with Crippen LogP contribution in [0.3, 0.4) is 0 Å². The van der Waals surface area contributed by atoms with Gasteiger partial charge < -0.3 is 24.4 Å². The number of rotatable bonds is 10. The van der Waals surface area contributed by atoms with Crippen LogP contribution in [0.5, 0.6) is 5.75 Å². The van der Waals surface area contributed by atoms with Crippen molar-refractivity contribution in [1.82, 2.24) is 0 Å². The predicted molar refractivity (Wildman–Crippen MR) is 89.8 cm³/mol. The third kappa shape index (κ3) is 6.31. The highest BCUT2D eigenvalue weighted by molar-refractivity contribution is 5.87. The van der Waals surface area contributed by atoms with Crippen LogP contribution < -0.4 is 4.74 Å². The SMILES string of the molecule is CCOC(=O)/C(C)=C/C[C@H](OC)[C@@H](O)c1ccc(OCCO)cc1. The number of hydrogen-bond acceptors (Lipinski definition) is 6. The summed E-state index contributed by atoms with van der Waals surface area (Å²) in [4.78, 5) is 11.6. The van der Waals surface area contributed by atoms with E-state index in [2.05, 4.69) is 0 Å². The third-order valence-corrected chi connectivity index (χ3v) is 3.49. The van der Waals surface area contributed by atoms with Crippen LogP contribution in [0.2, 0.25) is 0 Å². The highest BCUT2D eigenvalue weighted by Gasteiger charge is 2.20. The Labute approximate surface area is 142 Å². The zero-order valence-electron chi connectivity index (χ0n) is 14.4. The van der Waals surface area contributed by atoms with E-state index in [0.29, 0.717) is 29.9 Å². The second-order valence-electron chi connectivity index (χ2n) is 5.20.